The summed E-state index contributed by atoms with van der Waals surface area (Å²) in [7, 11) is 3.28. The van der Waals surface area contributed by atoms with E-state index >= 15 is 0 Å². The van der Waals surface area contributed by atoms with Crippen LogP contribution in [0.2, 0.25) is 0 Å². The third kappa shape index (κ3) is 5.00. The Balaban J connectivity index is 1.72. The minimum Gasteiger partial charge on any atom is -0.493 e. The summed E-state index contributed by atoms with van der Waals surface area (Å²) in [6, 6.07) is 9.81. The molecule has 0 N–H and O–H groups in total. The van der Waals surface area contributed by atoms with E-state index in [2.05, 4.69) is 11.1 Å². The summed E-state index contributed by atoms with van der Waals surface area (Å²) in [5.74, 6) is 1.90. The Morgan fingerprint density at radius 3 is 2.76 bits per heavy atom. The van der Waals surface area contributed by atoms with Crippen molar-refractivity contribution < 1.29 is 19.0 Å². The number of nitrogens with zero attached hydrogens (tertiary/aromatic N) is 2. The molecular weight excluding hydrogens is 368 g/mol. The van der Waals surface area contributed by atoms with Crippen LogP contribution in [0.5, 0.6) is 17.4 Å². The number of piperidine rings is 1. The molecule has 1 aliphatic heterocycles. The van der Waals surface area contributed by atoms with E-state index in [-0.39, 0.29) is 11.9 Å². The predicted molar refractivity (Wildman–Crippen MR) is 112 cm³/mol. The first-order valence-electron chi connectivity index (χ1n) is 10.3. The second-order valence-electron chi connectivity index (χ2n) is 7.17. The number of rotatable bonds is 8. The Hall–Kier alpha value is -2.76. The molecule has 1 amide bonds. The highest BCUT2D eigenvalue weighted by Gasteiger charge is 2.29. The van der Waals surface area contributed by atoms with Crippen LogP contribution in [0.25, 0.3) is 0 Å². The van der Waals surface area contributed by atoms with Gasteiger partial charge < -0.3 is 19.1 Å². The molecule has 29 heavy (non-hydrogen) atoms. The largest absolute Gasteiger partial charge is 0.493 e. The summed E-state index contributed by atoms with van der Waals surface area (Å²) in [5.41, 5.74) is 1.73. The lowest BCUT2D eigenvalue weighted by Gasteiger charge is -2.36. The van der Waals surface area contributed by atoms with Crippen LogP contribution in [0.15, 0.2) is 36.5 Å². The molecule has 6 heteroatoms. The predicted octanol–water partition coefficient (Wildman–Crippen LogP) is 4.13. The van der Waals surface area contributed by atoms with Crippen molar-refractivity contribution in [3.63, 3.8) is 0 Å². The van der Waals surface area contributed by atoms with Crippen LogP contribution in [0.4, 0.5) is 0 Å². The van der Waals surface area contributed by atoms with Crippen LogP contribution in [0.1, 0.15) is 48.5 Å². The van der Waals surface area contributed by atoms with E-state index in [9.17, 15) is 4.79 Å². The number of amides is 1. The first-order valence-corrected chi connectivity index (χ1v) is 10.3. The quantitative estimate of drug-likeness (QED) is 0.669. The van der Waals surface area contributed by atoms with E-state index < -0.39 is 0 Å². The highest BCUT2D eigenvalue weighted by atomic mass is 16.5. The molecule has 0 radical (unpaired) electrons. The van der Waals surface area contributed by atoms with Crippen molar-refractivity contribution in [1.29, 1.82) is 0 Å². The van der Waals surface area contributed by atoms with Crippen LogP contribution >= 0.6 is 0 Å². The topological polar surface area (TPSA) is 60.9 Å². The van der Waals surface area contributed by atoms with E-state index in [0.717, 1.165) is 50.1 Å². The van der Waals surface area contributed by atoms with Gasteiger partial charge >= 0.3 is 0 Å². The number of methoxy groups -OCH3 is 2. The van der Waals surface area contributed by atoms with Crippen molar-refractivity contribution in [2.24, 2.45) is 0 Å². The number of hydrogen-bond donors (Lipinski definition) is 0. The zero-order chi connectivity index (χ0) is 20.6. The fourth-order valence-electron chi connectivity index (χ4n) is 3.90. The van der Waals surface area contributed by atoms with Gasteiger partial charge in [0.15, 0.2) is 11.5 Å². The average Bonchev–Trinajstić information content (AvgIpc) is 2.77. The highest BCUT2D eigenvalue weighted by Crippen LogP contribution is 2.30. The van der Waals surface area contributed by atoms with E-state index in [4.69, 9.17) is 14.2 Å². The first kappa shape index (κ1) is 21.0. The Bertz CT molecular complexity index is 824. The minimum absolute atomic E-state index is 0.0126. The summed E-state index contributed by atoms with van der Waals surface area (Å²) in [4.78, 5) is 19.5. The van der Waals surface area contributed by atoms with Gasteiger partial charge in [-0.1, -0.05) is 6.07 Å². The molecule has 1 aromatic carbocycles. The van der Waals surface area contributed by atoms with E-state index in [0.29, 0.717) is 18.1 Å². The van der Waals surface area contributed by atoms with Gasteiger partial charge in [-0.25, -0.2) is 4.98 Å². The van der Waals surface area contributed by atoms with Crippen molar-refractivity contribution in [2.75, 3.05) is 27.4 Å². The number of likely N-dealkylation sites (tertiary alicyclic amines) is 1. The van der Waals surface area contributed by atoms with Gasteiger partial charge in [0.25, 0.3) is 5.91 Å². The molecule has 1 saturated heterocycles. The molecule has 1 aliphatic rings. The first-order chi connectivity index (χ1) is 14.2. The van der Waals surface area contributed by atoms with E-state index in [1.807, 2.05) is 24.0 Å². The Labute approximate surface area is 172 Å². The molecule has 1 aromatic heterocycles. The van der Waals surface area contributed by atoms with E-state index in [1.54, 1.807) is 32.5 Å². The second kappa shape index (κ2) is 10.1. The third-order valence-electron chi connectivity index (χ3n) is 5.38. The molecule has 1 unspecified atom stereocenters. The number of aromatic nitrogens is 1. The highest BCUT2D eigenvalue weighted by molar-refractivity contribution is 5.96. The van der Waals surface area contributed by atoms with Crippen molar-refractivity contribution >= 4 is 5.91 Å². The normalized spacial score (nSPS) is 16.4. The average molecular weight is 399 g/mol. The fraction of sp³-hybridized carbons (Fsp3) is 0.478. The summed E-state index contributed by atoms with van der Waals surface area (Å²) in [5, 5.41) is 0. The summed E-state index contributed by atoms with van der Waals surface area (Å²) < 4.78 is 16.3. The zero-order valence-corrected chi connectivity index (χ0v) is 17.5. The zero-order valence-electron chi connectivity index (χ0n) is 17.5. The number of carbonyl (C=O) groups is 1. The van der Waals surface area contributed by atoms with E-state index in [1.165, 1.54) is 5.56 Å². The van der Waals surface area contributed by atoms with Gasteiger partial charge in [-0.2, -0.15) is 0 Å². The molecule has 1 fully saturated rings. The Morgan fingerprint density at radius 2 is 2.00 bits per heavy atom. The molecule has 0 saturated carbocycles. The van der Waals surface area contributed by atoms with Crippen molar-refractivity contribution in [3.05, 3.63) is 47.7 Å². The molecular formula is C23H30N2O4. The monoisotopic (exact) mass is 398 g/mol. The molecule has 0 bridgehead atoms. The maximum atomic E-state index is 13.3. The number of pyridine rings is 1. The maximum Gasteiger partial charge on any atom is 0.259 e. The maximum absolute atomic E-state index is 13.3. The molecule has 156 valence electrons. The molecule has 1 atom stereocenters. The smallest absolute Gasteiger partial charge is 0.259 e. The molecule has 0 aliphatic carbocycles. The Kier molecular flexibility index (Phi) is 7.33. The Morgan fingerprint density at radius 1 is 1.17 bits per heavy atom. The van der Waals surface area contributed by atoms with Crippen LogP contribution in [-0.4, -0.2) is 49.2 Å². The molecule has 3 rings (SSSR count). The van der Waals surface area contributed by atoms with Crippen LogP contribution in [0.3, 0.4) is 0 Å². The third-order valence-corrected chi connectivity index (χ3v) is 5.38. The SMILES string of the molecule is CCOc1ncccc1C(=O)N1CCCCC1CCc1ccc(OC)c(OC)c1. The molecule has 2 heterocycles. The number of aryl methyl sites for hydroxylation is 1. The van der Waals surface area contributed by atoms with Gasteiger partial charge in [-0.15, -0.1) is 0 Å². The second-order valence-corrected chi connectivity index (χ2v) is 7.17. The number of carbonyl (C=O) groups excluding carboxylic acids is 1. The van der Waals surface area contributed by atoms with Gasteiger partial charge in [-0.05, 0) is 68.9 Å². The van der Waals surface area contributed by atoms with Gasteiger partial charge in [0, 0.05) is 18.8 Å². The molecule has 2 aromatic rings. The van der Waals surface area contributed by atoms with Crippen LogP contribution in [-0.2, 0) is 6.42 Å². The number of hydrogen-bond acceptors (Lipinski definition) is 5. The van der Waals surface area contributed by atoms with Gasteiger partial charge in [0.2, 0.25) is 5.88 Å². The minimum atomic E-state index is 0.0126. The standard InChI is InChI=1S/C23H30N2O4/c1-4-29-22-19(9-7-14-24-22)23(26)25-15-6-5-8-18(25)12-10-17-11-13-20(27-2)21(16-17)28-3/h7,9,11,13-14,16,18H,4-6,8,10,12,15H2,1-3H3. The summed E-state index contributed by atoms with van der Waals surface area (Å²) >= 11 is 0. The lowest BCUT2D eigenvalue weighted by molar-refractivity contribution is 0.0597. The molecule has 0 spiro atoms. The number of ether oxygens (including phenoxy) is 3. The summed E-state index contributed by atoms with van der Waals surface area (Å²) in [6.45, 7) is 3.16. The van der Waals surface area contributed by atoms with Gasteiger partial charge in [0.1, 0.15) is 5.56 Å². The van der Waals surface area contributed by atoms with Crippen LogP contribution in [0, 0.1) is 0 Å². The van der Waals surface area contributed by atoms with Crippen LogP contribution < -0.4 is 14.2 Å². The van der Waals surface area contributed by atoms with Gasteiger partial charge in [-0.3, -0.25) is 4.79 Å². The van der Waals surface area contributed by atoms with Crippen molar-refractivity contribution in [1.82, 2.24) is 9.88 Å². The van der Waals surface area contributed by atoms with Gasteiger partial charge in [0.05, 0.1) is 20.8 Å². The van der Waals surface area contributed by atoms with Crippen molar-refractivity contribution in [2.45, 2.75) is 45.1 Å². The lowest BCUT2D eigenvalue weighted by Crippen LogP contribution is -2.44. The summed E-state index contributed by atoms with van der Waals surface area (Å²) in [6.07, 6.45) is 6.63. The molecule has 6 nitrogen and oxygen atoms in total. The lowest BCUT2D eigenvalue weighted by atomic mass is 9.95. The fourth-order valence-corrected chi connectivity index (χ4v) is 3.90. The van der Waals surface area contributed by atoms with Crippen molar-refractivity contribution in [3.8, 4) is 17.4 Å². The number of benzene rings is 1.